The van der Waals surface area contributed by atoms with E-state index in [1.807, 2.05) is 18.7 Å². The Bertz CT molecular complexity index is 468. The van der Waals surface area contributed by atoms with E-state index >= 15 is 0 Å². The van der Waals surface area contributed by atoms with Crippen LogP contribution in [0.5, 0.6) is 0 Å². The lowest BCUT2D eigenvalue weighted by Gasteiger charge is -2.23. The molecule has 0 bridgehead atoms. The van der Waals surface area contributed by atoms with Crippen LogP contribution in [0.2, 0.25) is 0 Å². The second kappa shape index (κ2) is 6.74. The molecule has 20 heavy (non-hydrogen) atoms. The normalized spacial score (nSPS) is 16.1. The van der Waals surface area contributed by atoms with Crippen molar-refractivity contribution in [3.63, 3.8) is 0 Å². The van der Waals surface area contributed by atoms with E-state index in [0.29, 0.717) is 6.54 Å². The lowest BCUT2D eigenvalue weighted by molar-refractivity contribution is -0.119. The Morgan fingerprint density at radius 2 is 2.25 bits per heavy atom. The number of anilines is 1. The van der Waals surface area contributed by atoms with Crippen molar-refractivity contribution in [2.24, 2.45) is 7.05 Å². The van der Waals surface area contributed by atoms with Gasteiger partial charge in [0.25, 0.3) is 0 Å². The van der Waals surface area contributed by atoms with Crippen LogP contribution in [-0.4, -0.2) is 41.9 Å². The molecular formula is C14H25N5O. The highest BCUT2D eigenvalue weighted by Gasteiger charge is 2.22. The number of hydrogen-bond acceptors (Lipinski definition) is 4. The van der Waals surface area contributed by atoms with Gasteiger partial charge in [-0.2, -0.15) is 5.10 Å². The second-order valence-electron chi connectivity index (χ2n) is 5.31. The maximum atomic E-state index is 11.8. The van der Waals surface area contributed by atoms with Crippen LogP contribution < -0.4 is 15.5 Å². The lowest BCUT2D eigenvalue weighted by Crippen LogP contribution is -2.35. The van der Waals surface area contributed by atoms with Gasteiger partial charge in [-0.15, -0.1) is 0 Å². The van der Waals surface area contributed by atoms with Gasteiger partial charge in [-0.05, 0) is 26.3 Å². The van der Waals surface area contributed by atoms with Crippen molar-refractivity contribution in [1.29, 1.82) is 0 Å². The van der Waals surface area contributed by atoms with Crippen molar-refractivity contribution >= 4 is 11.7 Å². The number of nitrogens with one attached hydrogen (secondary N) is 2. The van der Waals surface area contributed by atoms with Gasteiger partial charge in [-0.1, -0.05) is 6.92 Å². The van der Waals surface area contributed by atoms with Crippen LogP contribution in [-0.2, 0) is 18.4 Å². The number of hydrogen-bond donors (Lipinski definition) is 2. The van der Waals surface area contributed by atoms with Gasteiger partial charge in [0.05, 0.1) is 12.2 Å². The largest absolute Gasteiger partial charge is 0.354 e. The molecule has 6 heteroatoms. The van der Waals surface area contributed by atoms with Crippen LogP contribution in [0.3, 0.4) is 0 Å². The van der Waals surface area contributed by atoms with Crippen LogP contribution in [0.15, 0.2) is 0 Å². The van der Waals surface area contributed by atoms with Crippen LogP contribution in [0.25, 0.3) is 0 Å². The van der Waals surface area contributed by atoms with Gasteiger partial charge in [0.2, 0.25) is 5.91 Å². The molecule has 0 spiro atoms. The topological polar surface area (TPSA) is 62.2 Å². The number of amides is 1. The number of rotatable bonds is 5. The summed E-state index contributed by atoms with van der Waals surface area (Å²) in [5.74, 6) is 1.16. The third-order valence-electron chi connectivity index (χ3n) is 3.60. The Morgan fingerprint density at radius 3 is 3.00 bits per heavy atom. The van der Waals surface area contributed by atoms with E-state index in [2.05, 4.69) is 27.6 Å². The summed E-state index contributed by atoms with van der Waals surface area (Å²) >= 11 is 0. The van der Waals surface area contributed by atoms with E-state index in [1.165, 1.54) is 5.56 Å². The fourth-order valence-corrected chi connectivity index (χ4v) is 2.67. The van der Waals surface area contributed by atoms with Gasteiger partial charge < -0.3 is 15.5 Å². The molecule has 2 heterocycles. The first-order valence-corrected chi connectivity index (χ1v) is 7.38. The highest BCUT2D eigenvalue weighted by molar-refractivity contribution is 5.81. The molecule has 2 rings (SSSR count). The standard InChI is InChI=1S/C14H25N5O/c1-4-6-15-9-12-11(2)17-18(3)14(12)19-8-5-7-16-13(20)10-19/h15H,4-10H2,1-3H3,(H,16,20). The van der Waals surface area contributed by atoms with Crippen LogP contribution in [0.1, 0.15) is 31.0 Å². The van der Waals surface area contributed by atoms with Gasteiger partial charge in [0.15, 0.2) is 0 Å². The predicted molar refractivity (Wildman–Crippen MR) is 79.8 cm³/mol. The molecular weight excluding hydrogens is 254 g/mol. The summed E-state index contributed by atoms with van der Waals surface area (Å²) in [6, 6.07) is 0. The third-order valence-corrected chi connectivity index (χ3v) is 3.60. The summed E-state index contributed by atoms with van der Waals surface area (Å²) in [4.78, 5) is 13.9. The molecule has 0 atom stereocenters. The molecule has 1 saturated heterocycles. The third kappa shape index (κ3) is 3.30. The summed E-state index contributed by atoms with van der Waals surface area (Å²) in [6.45, 7) is 8.05. The van der Waals surface area contributed by atoms with Crippen molar-refractivity contribution in [1.82, 2.24) is 20.4 Å². The Kier molecular flexibility index (Phi) is 5.00. The van der Waals surface area contributed by atoms with Crippen LogP contribution in [0, 0.1) is 6.92 Å². The molecule has 1 aliphatic heterocycles. The minimum atomic E-state index is 0.0915. The van der Waals surface area contributed by atoms with E-state index in [1.54, 1.807) is 0 Å². The maximum Gasteiger partial charge on any atom is 0.239 e. The summed E-state index contributed by atoms with van der Waals surface area (Å²) in [5, 5.41) is 10.9. The summed E-state index contributed by atoms with van der Waals surface area (Å²) in [6.07, 6.45) is 2.08. The van der Waals surface area contributed by atoms with Gasteiger partial charge in [-0.25, -0.2) is 0 Å². The van der Waals surface area contributed by atoms with Crippen molar-refractivity contribution in [3.05, 3.63) is 11.3 Å². The smallest absolute Gasteiger partial charge is 0.239 e. The fourth-order valence-electron chi connectivity index (χ4n) is 2.67. The Labute approximate surface area is 120 Å². The SMILES string of the molecule is CCCNCc1c(C)nn(C)c1N1CCCNC(=O)C1. The maximum absolute atomic E-state index is 11.8. The fraction of sp³-hybridized carbons (Fsp3) is 0.714. The average Bonchev–Trinajstić information content (AvgIpc) is 2.57. The molecule has 0 radical (unpaired) electrons. The molecule has 0 aliphatic carbocycles. The Morgan fingerprint density at radius 1 is 1.45 bits per heavy atom. The van der Waals surface area contributed by atoms with Crippen molar-refractivity contribution in [2.75, 3.05) is 31.1 Å². The average molecular weight is 279 g/mol. The number of carbonyl (C=O) groups is 1. The van der Waals surface area contributed by atoms with Crippen molar-refractivity contribution in [2.45, 2.75) is 33.2 Å². The first-order chi connectivity index (χ1) is 9.63. The van der Waals surface area contributed by atoms with E-state index < -0.39 is 0 Å². The van der Waals surface area contributed by atoms with Gasteiger partial charge in [-0.3, -0.25) is 9.48 Å². The molecule has 0 aromatic carbocycles. The van der Waals surface area contributed by atoms with Gasteiger partial charge in [0, 0.05) is 32.2 Å². The quantitative estimate of drug-likeness (QED) is 0.773. The minimum absolute atomic E-state index is 0.0915. The summed E-state index contributed by atoms with van der Waals surface area (Å²) in [5.41, 5.74) is 2.24. The zero-order chi connectivity index (χ0) is 14.5. The molecule has 112 valence electrons. The van der Waals surface area contributed by atoms with Crippen LogP contribution >= 0.6 is 0 Å². The number of aromatic nitrogens is 2. The summed E-state index contributed by atoms with van der Waals surface area (Å²) in [7, 11) is 1.95. The molecule has 1 aromatic rings. The minimum Gasteiger partial charge on any atom is -0.354 e. The molecule has 2 N–H and O–H groups in total. The Hall–Kier alpha value is -1.56. The molecule has 0 unspecified atom stereocenters. The van der Waals surface area contributed by atoms with Crippen molar-refractivity contribution < 1.29 is 4.79 Å². The first kappa shape index (κ1) is 14.8. The highest BCUT2D eigenvalue weighted by Crippen LogP contribution is 2.23. The van der Waals surface area contributed by atoms with Crippen molar-refractivity contribution in [3.8, 4) is 0 Å². The van der Waals surface area contributed by atoms with E-state index in [9.17, 15) is 4.79 Å². The molecule has 1 aliphatic rings. The molecule has 1 amide bonds. The molecule has 0 saturated carbocycles. The second-order valence-corrected chi connectivity index (χ2v) is 5.31. The zero-order valence-electron chi connectivity index (χ0n) is 12.7. The molecule has 1 fully saturated rings. The number of carbonyl (C=O) groups excluding carboxylic acids is 1. The van der Waals surface area contributed by atoms with E-state index in [-0.39, 0.29) is 5.91 Å². The highest BCUT2D eigenvalue weighted by atomic mass is 16.2. The zero-order valence-corrected chi connectivity index (χ0v) is 12.7. The predicted octanol–water partition coefficient (Wildman–Crippen LogP) is 0.554. The Balaban J connectivity index is 2.22. The van der Waals surface area contributed by atoms with E-state index in [4.69, 9.17) is 0 Å². The van der Waals surface area contributed by atoms with Gasteiger partial charge in [0.1, 0.15) is 5.82 Å². The van der Waals surface area contributed by atoms with Crippen LogP contribution in [0.4, 0.5) is 5.82 Å². The first-order valence-electron chi connectivity index (χ1n) is 7.38. The number of aryl methyl sites for hydroxylation is 2. The monoisotopic (exact) mass is 279 g/mol. The number of nitrogens with zero attached hydrogens (tertiary/aromatic N) is 3. The lowest BCUT2D eigenvalue weighted by atomic mass is 10.2. The molecule has 1 aromatic heterocycles. The van der Waals surface area contributed by atoms with Gasteiger partial charge >= 0.3 is 0 Å². The summed E-state index contributed by atoms with van der Waals surface area (Å²) < 4.78 is 1.90. The molecule has 6 nitrogen and oxygen atoms in total. The van der Waals surface area contributed by atoms with E-state index in [0.717, 1.165) is 50.5 Å².